The maximum atomic E-state index is 11.6. The summed E-state index contributed by atoms with van der Waals surface area (Å²) in [6.45, 7) is 9.21. The van der Waals surface area contributed by atoms with E-state index in [1.807, 2.05) is 0 Å². The molecule has 3 heteroatoms. The second kappa shape index (κ2) is 27.0. The van der Waals surface area contributed by atoms with Crippen LogP contribution in [-0.2, 0) is 4.79 Å². The lowest BCUT2D eigenvalue weighted by molar-refractivity contribution is -0.118. The average Bonchev–Trinajstić information content (AvgIpc) is 2.70. The summed E-state index contributed by atoms with van der Waals surface area (Å²) in [5, 5.41) is 0. The lowest BCUT2D eigenvalue weighted by Gasteiger charge is -2.21. The summed E-state index contributed by atoms with van der Waals surface area (Å²) in [5.41, 5.74) is 0. The molecule has 0 atom stereocenters. The fourth-order valence-corrected chi connectivity index (χ4v) is 4.23. The number of halogens is 1. The van der Waals surface area contributed by atoms with E-state index >= 15 is 0 Å². The van der Waals surface area contributed by atoms with E-state index in [1.165, 1.54) is 128 Å². The Kier molecular flexibility index (Phi) is 28.8. The van der Waals surface area contributed by atoms with Crippen molar-refractivity contribution in [3.63, 3.8) is 0 Å². The van der Waals surface area contributed by atoms with Crippen LogP contribution in [0.25, 0.3) is 0 Å². The van der Waals surface area contributed by atoms with Crippen LogP contribution in [0.1, 0.15) is 149 Å². The summed E-state index contributed by atoms with van der Waals surface area (Å²) >= 11 is 0. The van der Waals surface area contributed by atoms with Crippen molar-refractivity contribution in [1.29, 1.82) is 0 Å². The molecule has 0 aromatic heterocycles. The first-order valence-electron chi connectivity index (χ1n) is 13.4. The fourth-order valence-electron chi connectivity index (χ4n) is 4.23. The molecule has 0 aliphatic carbocycles. The molecule has 0 aliphatic heterocycles. The Morgan fingerprint density at radius 3 is 1.03 bits per heavy atom. The minimum Gasteiger partial charge on any atom is -0.299 e. The molecule has 30 heavy (non-hydrogen) atoms. The van der Waals surface area contributed by atoms with Gasteiger partial charge < -0.3 is 0 Å². The van der Waals surface area contributed by atoms with Crippen molar-refractivity contribution in [3.8, 4) is 0 Å². The number of carbonyl (C=O) groups excluding carboxylic acids is 1. The van der Waals surface area contributed by atoms with Gasteiger partial charge in [-0.3, -0.25) is 9.69 Å². The smallest absolute Gasteiger partial charge is 0.143 e. The molecule has 0 unspecified atom stereocenters. The van der Waals surface area contributed by atoms with E-state index in [0.29, 0.717) is 12.3 Å². The van der Waals surface area contributed by atoms with Crippen LogP contribution in [0.2, 0.25) is 0 Å². The Morgan fingerprint density at radius 2 is 0.767 bits per heavy atom. The zero-order valence-electron chi connectivity index (χ0n) is 21.0. The highest BCUT2D eigenvalue weighted by Crippen LogP contribution is 2.12. The van der Waals surface area contributed by atoms with E-state index in [0.717, 1.165) is 13.1 Å². The third kappa shape index (κ3) is 26.0. The maximum Gasteiger partial charge on any atom is 0.143 e. The highest BCUT2D eigenvalue weighted by molar-refractivity contribution is 5.85. The molecule has 0 saturated carbocycles. The highest BCUT2D eigenvalue weighted by atomic mass is 35.5. The normalized spacial score (nSPS) is 11.1. The summed E-state index contributed by atoms with van der Waals surface area (Å²) in [7, 11) is 0. The first kappa shape index (κ1) is 32.1. The number of unbranched alkanes of at least 4 members (excludes halogenated alkanes) is 18. The molecule has 0 N–H and O–H groups in total. The molecule has 182 valence electrons. The lowest BCUT2D eigenvalue weighted by atomic mass is 10.1. The minimum absolute atomic E-state index is 0. The van der Waals surface area contributed by atoms with E-state index in [1.54, 1.807) is 6.92 Å². The third-order valence-corrected chi connectivity index (χ3v) is 6.10. The molecule has 0 radical (unpaired) electrons. The molecule has 0 aromatic rings. The van der Waals surface area contributed by atoms with Crippen molar-refractivity contribution in [3.05, 3.63) is 0 Å². The first-order valence-corrected chi connectivity index (χ1v) is 13.4. The quantitative estimate of drug-likeness (QED) is 0.138. The van der Waals surface area contributed by atoms with Crippen molar-refractivity contribution in [2.24, 2.45) is 0 Å². The molecule has 2 nitrogen and oxygen atoms in total. The fraction of sp³-hybridized carbons (Fsp3) is 0.963. The molecular weight excluding hydrogens is 390 g/mol. The van der Waals surface area contributed by atoms with Crippen LogP contribution >= 0.6 is 12.4 Å². The molecule has 0 aromatic carbocycles. The van der Waals surface area contributed by atoms with Crippen LogP contribution in [0.5, 0.6) is 0 Å². The van der Waals surface area contributed by atoms with Crippen LogP contribution in [0.15, 0.2) is 0 Å². The predicted molar refractivity (Wildman–Crippen MR) is 138 cm³/mol. The maximum absolute atomic E-state index is 11.6. The van der Waals surface area contributed by atoms with Crippen LogP contribution in [-0.4, -0.2) is 30.3 Å². The number of ketones is 1. The van der Waals surface area contributed by atoms with Crippen LogP contribution in [0, 0.1) is 0 Å². The summed E-state index contributed by atoms with van der Waals surface area (Å²) in [6.07, 6.45) is 27.6. The van der Waals surface area contributed by atoms with Crippen LogP contribution in [0.4, 0.5) is 0 Å². The van der Waals surface area contributed by atoms with E-state index < -0.39 is 0 Å². The molecule has 0 amide bonds. The Bertz CT molecular complexity index is 311. The van der Waals surface area contributed by atoms with Crippen molar-refractivity contribution >= 4 is 18.2 Å². The monoisotopic (exact) mass is 445 g/mol. The van der Waals surface area contributed by atoms with Crippen molar-refractivity contribution in [1.82, 2.24) is 4.90 Å². The number of nitrogens with zero attached hydrogens (tertiary/aromatic N) is 1. The summed E-state index contributed by atoms with van der Waals surface area (Å²) in [5.74, 6) is 0.323. The second-order valence-corrected chi connectivity index (χ2v) is 9.34. The van der Waals surface area contributed by atoms with Crippen molar-refractivity contribution < 1.29 is 4.79 Å². The second-order valence-electron chi connectivity index (χ2n) is 9.34. The molecule has 0 fully saturated rings. The van der Waals surface area contributed by atoms with Gasteiger partial charge in [0.1, 0.15) is 5.78 Å². The Balaban J connectivity index is 0. The minimum atomic E-state index is 0. The van der Waals surface area contributed by atoms with E-state index in [4.69, 9.17) is 0 Å². The number of carbonyl (C=O) groups is 1. The summed E-state index contributed by atoms with van der Waals surface area (Å²) < 4.78 is 0. The molecular formula is C27H56ClNO. The van der Waals surface area contributed by atoms with Crippen molar-refractivity contribution in [2.45, 2.75) is 149 Å². The zero-order valence-corrected chi connectivity index (χ0v) is 21.8. The first-order chi connectivity index (χ1) is 14.2. The number of hydrogen-bond acceptors (Lipinski definition) is 2. The van der Waals surface area contributed by atoms with Gasteiger partial charge in [-0.05, 0) is 32.9 Å². The molecule has 0 spiro atoms. The van der Waals surface area contributed by atoms with Gasteiger partial charge in [0.15, 0.2) is 0 Å². The average molecular weight is 446 g/mol. The van der Waals surface area contributed by atoms with Gasteiger partial charge >= 0.3 is 0 Å². The van der Waals surface area contributed by atoms with Gasteiger partial charge in [0.25, 0.3) is 0 Å². The number of Topliss-reactive ketones (excluding diaryl/α,β-unsaturated/α-hetero) is 1. The summed E-state index contributed by atoms with van der Waals surface area (Å²) in [4.78, 5) is 14.0. The van der Waals surface area contributed by atoms with Gasteiger partial charge in [0, 0.05) is 0 Å². The van der Waals surface area contributed by atoms with E-state index in [9.17, 15) is 4.79 Å². The van der Waals surface area contributed by atoms with Gasteiger partial charge in [-0.15, -0.1) is 12.4 Å². The van der Waals surface area contributed by atoms with E-state index in [-0.39, 0.29) is 12.4 Å². The molecule has 0 rings (SSSR count). The van der Waals surface area contributed by atoms with Gasteiger partial charge in [-0.25, -0.2) is 0 Å². The highest BCUT2D eigenvalue weighted by Gasteiger charge is 2.07. The third-order valence-electron chi connectivity index (χ3n) is 6.10. The molecule has 0 aliphatic rings. The zero-order chi connectivity index (χ0) is 21.4. The Labute approximate surface area is 196 Å². The van der Waals surface area contributed by atoms with Gasteiger partial charge in [-0.1, -0.05) is 129 Å². The van der Waals surface area contributed by atoms with Gasteiger partial charge in [0.2, 0.25) is 0 Å². The van der Waals surface area contributed by atoms with E-state index in [2.05, 4.69) is 18.7 Å². The predicted octanol–water partition coefficient (Wildman–Crippen LogP) is 9.14. The largest absolute Gasteiger partial charge is 0.299 e. The number of rotatable bonds is 24. The SMILES string of the molecule is CCCCCCCCCCCCN(CCCCCCCCCCCC)CC(C)=O.Cl. The molecule has 0 bridgehead atoms. The summed E-state index contributed by atoms with van der Waals surface area (Å²) in [6, 6.07) is 0. The molecule has 0 heterocycles. The Hall–Kier alpha value is -0.0800. The standard InChI is InChI=1S/C27H55NO.ClH/c1-4-6-8-10-12-14-16-18-20-22-24-28(26-27(3)29)25-23-21-19-17-15-13-11-9-7-5-2;/h4-26H2,1-3H3;1H. The van der Waals surface area contributed by atoms with Crippen molar-refractivity contribution in [2.75, 3.05) is 19.6 Å². The van der Waals surface area contributed by atoms with Gasteiger partial charge in [0.05, 0.1) is 6.54 Å². The molecule has 0 saturated heterocycles. The van der Waals surface area contributed by atoms with Crippen LogP contribution in [0.3, 0.4) is 0 Å². The van der Waals surface area contributed by atoms with Gasteiger partial charge in [-0.2, -0.15) is 0 Å². The topological polar surface area (TPSA) is 20.3 Å². The lowest BCUT2D eigenvalue weighted by Crippen LogP contribution is -2.30. The number of hydrogen-bond donors (Lipinski definition) is 0. The Morgan fingerprint density at radius 1 is 0.500 bits per heavy atom. The van der Waals surface area contributed by atoms with Crippen LogP contribution < -0.4 is 0 Å².